The van der Waals surface area contributed by atoms with Crippen LogP contribution in [0.2, 0.25) is 0 Å². The average molecular weight is 359 g/mol. The Morgan fingerprint density at radius 2 is 1.78 bits per heavy atom. The van der Waals surface area contributed by atoms with Crippen molar-refractivity contribution in [3.05, 3.63) is 78.0 Å². The molecule has 4 nitrogen and oxygen atoms in total. The van der Waals surface area contributed by atoms with Crippen molar-refractivity contribution in [1.29, 1.82) is 0 Å². The van der Waals surface area contributed by atoms with E-state index >= 15 is 0 Å². The van der Waals surface area contributed by atoms with E-state index in [9.17, 15) is 4.79 Å². The van der Waals surface area contributed by atoms with E-state index in [1.807, 2.05) is 47.5 Å². The highest BCUT2D eigenvalue weighted by Gasteiger charge is 2.19. The summed E-state index contributed by atoms with van der Waals surface area (Å²) in [6, 6.07) is 20.5. The number of aromatic nitrogens is 1. The van der Waals surface area contributed by atoms with Crippen molar-refractivity contribution in [2.45, 2.75) is 19.4 Å². The van der Waals surface area contributed by atoms with Crippen LogP contribution in [0.3, 0.4) is 0 Å². The standard InChI is InChI=1S/C23H25N3O/c27-23(17-19-7-2-1-3-8-19)26-14-6-13-25(15-16-26)18-20-9-4-11-22-21(20)10-5-12-24-22/h1-5,7-12H,6,13-18H2. The SMILES string of the molecule is O=C(Cc1ccccc1)N1CCCN(Cc2cccc3ncccc23)CC1. The fourth-order valence-electron chi connectivity index (χ4n) is 3.81. The van der Waals surface area contributed by atoms with Gasteiger partial charge in [-0.25, -0.2) is 0 Å². The first-order chi connectivity index (χ1) is 13.3. The van der Waals surface area contributed by atoms with Gasteiger partial charge in [0.05, 0.1) is 11.9 Å². The lowest BCUT2D eigenvalue weighted by Crippen LogP contribution is -2.36. The number of hydrogen-bond donors (Lipinski definition) is 0. The Kier molecular flexibility index (Phi) is 5.45. The molecule has 27 heavy (non-hydrogen) atoms. The third-order valence-electron chi connectivity index (χ3n) is 5.27. The van der Waals surface area contributed by atoms with Crippen LogP contribution in [0.1, 0.15) is 17.5 Å². The van der Waals surface area contributed by atoms with Gasteiger partial charge in [0.1, 0.15) is 0 Å². The topological polar surface area (TPSA) is 36.4 Å². The first kappa shape index (κ1) is 17.7. The van der Waals surface area contributed by atoms with Crippen molar-refractivity contribution in [2.75, 3.05) is 26.2 Å². The van der Waals surface area contributed by atoms with Crippen molar-refractivity contribution in [3.8, 4) is 0 Å². The summed E-state index contributed by atoms with van der Waals surface area (Å²) in [7, 11) is 0. The molecule has 0 saturated carbocycles. The van der Waals surface area contributed by atoms with E-state index in [1.54, 1.807) is 0 Å². The van der Waals surface area contributed by atoms with Gasteiger partial charge in [-0.3, -0.25) is 14.7 Å². The molecule has 2 heterocycles. The molecule has 3 aromatic rings. The molecule has 1 fully saturated rings. The Morgan fingerprint density at radius 3 is 2.67 bits per heavy atom. The zero-order valence-corrected chi connectivity index (χ0v) is 15.6. The molecule has 1 aliphatic rings. The number of hydrogen-bond acceptors (Lipinski definition) is 3. The zero-order valence-electron chi connectivity index (χ0n) is 15.6. The number of fused-ring (bicyclic) bond motifs is 1. The summed E-state index contributed by atoms with van der Waals surface area (Å²) in [6.07, 6.45) is 3.35. The number of nitrogens with zero attached hydrogens (tertiary/aromatic N) is 3. The number of amides is 1. The van der Waals surface area contributed by atoms with Gasteiger partial charge in [0.15, 0.2) is 0 Å². The molecule has 138 valence electrons. The predicted molar refractivity (Wildman–Crippen MR) is 108 cm³/mol. The molecule has 0 spiro atoms. The highest BCUT2D eigenvalue weighted by atomic mass is 16.2. The van der Waals surface area contributed by atoms with Gasteiger partial charge in [0, 0.05) is 44.3 Å². The van der Waals surface area contributed by atoms with Crippen LogP contribution < -0.4 is 0 Å². The minimum atomic E-state index is 0.234. The molecule has 0 radical (unpaired) electrons. The van der Waals surface area contributed by atoms with Crippen LogP contribution in [0.5, 0.6) is 0 Å². The molecule has 0 atom stereocenters. The van der Waals surface area contributed by atoms with Crippen molar-refractivity contribution in [2.24, 2.45) is 0 Å². The zero-order chi connectivity index (χ0) is 18.5. The summed E-state index contributed by atoms with van der Waals surface area (Å²) in [6.45, 7) is 4.49. The molecule has 1 saturated heterocycles. The normalized spacial score (nSPS) is 15.6. The van der Waals surface area contributed by atoms with Gasteiger partial charge >= 0.3 is 0 Å². The van der Waals surface area contributed by atoms with Crippen molar-refractivity contribution in [1.82, 2.24) is 14.8 Å². The van der Waals surface area contributed by atoms with Crippen molar-refractivity contribution in [3.63, 3.8) is 0 Å². The summed E-state index contributed by atoms with van der Waals surface area (Å²) >= 11 is 0. The van der Waals surface area contributed by atoms with Gasteiger partial charge in [-0.2, -0.15) is 0 Å². The maximum atomic E-state index is 12.7. The second-order valence-corrected chi connectivity index (χ2v) is 7.16. The second-order valence-electron chi connectivity index (χ2n) is 7.16. The highest BCUT2D eigenvalue weighted by Crippen LogP contribution is 2.19. The Balaban J connectivity index is 1.39. The monoisotopic (exact) mass is 359 g/mol. The Hall–Kier alpha value is -2.72. The number of carbonyl (C=O) groups is 1. The highest BCUT2D eigenvalue weighted by molar-refractivity contribution is 5.82. The van der Waals surface area contributed by atoms with Gasteiger partial charge in [-0.15, -0.1) is 0 Å². The average Bonchev–Trinajstić information content (AvgIpc) is 2.95. The molecule has 0 bridgehead atoms. The van der Waals surface area contributed by atoms with E-state index < -0.39 is 0 Å². The van der Waals surface area contributed by atoms with Crippen LogP contribution in [0.25, 0.3) is 10.9 Å². The molecule has 2 aromatic carbocycles. The maximum absolute atomic E-state index is 12.7. The summed E-state index contributed by atoms with van der Waals surface area (Å²) in [5.41, 5.74) is 3.45. The van der Waals surface area contributed by atoms with Crippen LogP contribution >= 0.6 is 0 Å². The summed E-state index contributed by atoms with van der Waals surface area (Å²) in [5, 5.41) is 1.22. The number of carbonyl (C=O) groups excluding carboxylic acids is 1. The van der Waals surface area contributed by atoms with Crippen LogP contribution in [-0.4, -0.2) is 46.9 Å². The largest absolute Gasteiger partial charge is 0.341 e. The van der Waals surface area contributed by atoms with E-state index in [2.05, 4.69) is 34.1 Å². The molecule has 1 amide bonds. The molecule has 4 heteroatoms. The Labute approximate surface area is 160 Å². The van der Waals surface area contributed by atoms with E-state index in [4.69, 9.17) is 0 Å². The smallest absolute Gasteiger partial charge is 0.227 e. The summed E-state index contributed by atoms with van der Waals surface area (Å²) in [4.78, 5) is 21.6. The molecule has 1 aromatic heterocycles. The first-order valence-corrected chi connectivity index (χ1v) is 9.66. The van der Waals surface area contributed by atoms with Crippen LogP contribution in [0, 0.1) is 0 Å². The van der Waals surface area contributed by atoms with E-state index in [0.29, 0.717) is 6.42 Å². The van der Waals surface area contributed by atoms with Gasteiger partial charge < -0.3 is 4.90 Å². The summed E-state index contributed by atoms with van der Waals surface area (Å²) < 4.78 is 0. The van der Waals surface area contributed by atoms with Crippen LogP contribution in [-0.2, 0) is 17.8 Å². The van der Waals surface area contributed by atoms with Crippen molar-refractivity contribution < 1.29 is 4.79 Å². The molecule has 0 unspecified atom stereocenters. The lowest BCUT2D eigenvalue weighted by atomic mass is 10.1. The number of pyridine rings is 1. The van der Waals surface area contributed by atoms with Gasteiger partial charge in [0.25, 0.3) is 0 Å². The van der Waals surface area contributed by atoms with Gasteiger partial charge in [0.2, 0.25) is 5.91 Å². The number of rotatable bonds is 4. The fraction of sp³-hybridized carbons (Fsp3) is 0.304. The number of benzene rings is 2. The van der Waals surface area contributed by atoms with Gasteiger partial charge in [-0.05, 0) is 29.7 Å². The fourth-order valence-corrected chi connectivity index (χ4v) is 3.81. The molecular formula is C23H25N3O. The summed E-state index contributed by atoms with van der Waals surface area (Å²) in [5.74, 6) is 0.234. The van der Waals surface area contributed by atoms with E-state index in [1.165, 1.54) is 10.9 Å². The van der Waals surface area contributed by atoms with Crippen molar-refractivity contribution >= 4 is 16.8 Å². The minimum absolute atomic E-state index is 0.234. The van der Waals surface area contributed by atoms with E-state index in [-0.39, 0.29) is 5.91 Å². The molecular weight excluding hydrogens is 334 g/mol. The predicted octanol–water partition coefficient (Wildman–Crippen LogP) is 3.51. The Morgan fingerprint density at radius 1 is 0.889 bits per heavy atom. The van der Waals surface area contributed by atoms with Crippen LogP contribution in [0.15, 0.2) is 66.9 Å². The lowest BCUT2D eigenvalue weighted by Gasteiger charge is -2.22. The maximum Gasteiger partial charge on any atom is 0.227 e. The third-order valence-corrected chi connectivity index (χ3v) is 5.27. The van der Waals surface area contributed by atoms with Gasteiger partial charge in [-0.1, -0.05) is 48.5 Å². The first-order valence-electron chi connectivity index (χ1n) is 9.66. The Bertz CT molecular complexity index is 904. The van der Waals surface area contributed by atoms with E-state index in [0.717, 1.165) is 50.2 Å². The quantitative estimate of drug-likeness (QED) is 0.715. The molecule has 4 rings (SSSR count). The van der Waals surface area contributed by atoms with Crippen LogP contribution in [0.4, 0.5) is 0 Å². The third kappa shape index (κ3) is 4.34. The lowest BCUT2D eigenvalue weighted by molar-refractivity contribution is -0.130. The molecule has 0 aliphatic carbocycles. The molecule has 1 aliphatic heterocycles. The molecule has 0 N–H and O–H groups in total. The minimum Gasteiger partial charge on any atom is -0.341 e. The second kappa shape index (κ2) is 8.31.